The number of hydrogen-bond acceptors (Lipinski definition) is 4. The lowest BCUT2D eigenvalue weighted by Crippen LogP contribution is -2.39. The SMILES string of the molecule is CCC(NC(O)CCOCCOC)C1=C/C=C(C)\C=C/C=C\C=C/C=C\1. The Bertz CT molecular complexity index is 556. The second kappa shape index (κ2) is 14.4. The molecule has 0 bridgehead atoms. The lowest BCUT2D eigenvalue weighted by Gasteiger charge is -2.22. The Morgan fingerprint density at radius 2 is 1.65 bits per heavy atom. The molecule has 26 heavy (non-hydrogen) atoms. The van der Waals surface area contributed by atoms with Crippen molar-refractivity contribution < 1.29 is 14.6 Å². The predicted molar refractivity (Wildman–Crippen MR) is 109 cm³/mol. The third-order valence-corrected chi connectivity index (χ3v) is 3.91. The van der Waals surface area contributed by atoms with Crippen molar-refractivity contribution in [3.63, 3.8) is 0 Å². The number of methoxy groups -OCH3 is 1. The van der Waals surface area contributed by atoms with Crippen molar-refractivity contribution in [1.29, 1.82) is 0 Å². The highest BCUT2D eigenvalue weighted by Gasteiger charge is 2.14. The van der Waals surface area contributed by atoms with Gasteiger partial charge in [0.05, 0.1) is 19.8 Å². The van der Waals surface area contributed by atoms with Crippen molar-refractivity contribution in [3.05, 3.63) is 71.9 Å². The average molecular weight is 360 g/mol. The van der Waals surface area contributed by atoms with Crippen LogP contribution in [0.3, 0.4) is 0 Å². The van der Waals surface area contributed by atoms with Gasteiger partial charge in [-0.25, -0.2) is 0 Å². The van der Waals surface area contributed by atoms with Crippen LogP contribution in [0.2, 0.25) is 0 Å². The fourth-order valence-electron chi connectivity index (χ4n) is 2.41. The van der Waals surface area contributed by atoms with E-state index in [2.05, 4.69) is 43.5 Å². The molecule has 0 saturated heterocycles. The van der Waals surface area contributed by atoms with E-state index in [1.165, 1.54) is 5.57 Å². The number of rotatable bonds is 10. The Kier molecular flexibility index (Phi) is 12.4. The minimum atomic E-state index is -0.610. The molecule has 0 aliphatic heterocycles. The van der Waals surface area contributed by atoms with Crippen LogP contribution in [-0.4, -0.2) is 44.3 Å². The summed E-state index contributed by atoms with van der Waals surface area (Å²) < 4.78 is 10.4. The first-order valence-electron chi connectivity index (χ1n) is 9.24. The van der Waals surface area contributed by atoms with Gasteiger partial charge in [0.1, 0.15) is 6.23 Å². The van der Waals surface area contributed by atoms with Crippen LogP contribution in [0.25, 0.3) is 0 Å². The van der Waals surface area contributed by atoms with E-state index in [4.69, 9.17) is 9.47 Å². The van der Waals surface area contributed by atoms with Crippen molar-refractivity contribution >= 4 is 0 Å². The van der Waals surface area contributed by atoms with Gasteiger partial charge in [-0.15, -0.1) is 0 Å². The van der Waals surface area contributed by atoms with E-state index in [1.54, 1.807) is 7.11 Å². The van der Waals surface area contributed by atoms with E-state index >= 15 is 0 Å². The quantitative estimate of drug-likeness (QED) is 0.460. The van der Waals surface area contributed by atoms with E-state index < -0.39 is 6.23 Å². The van der Waals surface area contributed by atoms with Crippen molar-refractivity contribution in [2.75, 3.05) is 26.9 Å². The molecule has 0 aromatic carbocycles. The monoisotopic (exact) mass is 359 g/mol. The molecule has 1 aliphatic carbocycles. The molecular formula is C22H33NO3. The first-order chi connectivity index (χ1) is 12.7. The zero-order chi connectivity index (χ0) is 19.0. The Morgan fingerprint density at radius 3 is 2.35 bits per heavy atom. The molecule has 0 aromatic rings. The second-order valence-electron chi connectivity index (χ2n) is 6.10. The smallest absolute Gasteiger partial charge is 0.107 e. The Hall–Kier alpha value is -1.72. The van der Waals surface area contributed by atoms with Crippen LogP contribution in [-0.2, 0) is 9.47 Å². The van der Waals surface area contributed by atoms with Crippen LogP contribution < -0.4 is 5.32 Å². The van der Waals surface area contributed by atoms with Gasteiger partial charge in [0.25, 0.3) is 0 Å². The number of hydrogen-bond donors (Lipinski definition) is 2. The molecule has 0 aromatic heterocycles. The maximum atomic E-state index is 10.3. The van der Waals surface area contributed by atoms with Crippen LogP contribution in [0.1, 0.15) is 26.7 Å². The fourth-order valence-corrected chi connectivity index (χ4v) is 2.41. The van der Waals surface area contributed by atoms with E-state index in [9.17, 15) is 5.11 Å². The summed E-state index contributed by atoms with van der Waals surface area (Å²) in [6.45, 7) is 5.81. The molecule has 0 saturated carbocycles. The molecule has 144 valence electrons. The summed E-state index contributed by atoms with van der Waals surface area (Å²) in [5, 5.41) is 13.6. The molecule has 0 spiro atoms. The Morgan fingerprint density at radius 1 is 0.962 bits per heavy atom. The maximum absolute atomic E-state index is 10.3. The van der Waals surface area contributed by atoms with Crippen LogP contribution in [0.15, 0.2) is 71.9 Å². The van der Waals surface area contributed by atoms with Gasteiger partial charge in [0.15, 0.2) is 0 Å². The molecule has 1 rings (SSSR count). The summed E-state index contributed by atoms with van der Waals surface area (Å²) >= 11 is 0. The summed E-state index contributed by atoms with van der Waals surface area (Å²) in [5.74, 6) is 0. The van der Waals surface area contributed by atoms with Crippen LogP contribution in [0.5, 0.6) is 0 Å². The number of allylic oxidation sites excluding steroid dienone is 10. The Balaban J connectivity index is 2.71. The first kappa shape index (κ1) is 22.3. The lowest BCUT2D eigenvalue weighted by molar-refractivity contribution is 0.0369. The lowest BCUT2D eigenvalue weighted by atomic mass is 10.0. The molecule has 4 heteroatoms. The molecule has 2 N–H and O–H groups in total. The molecular weight excluding hydrogens is 326 g/mol. The normalized spacial score (nSPS) is 26.2. The summed E-state index contributed by atoms with van der Waals surface area (Å²) in [5.41, 5.74) is 2.31. The van der Waals surface area contributed by atoms with E-state index in [-0.39, 0.29) is 6.04 Å². The summed E-state index contributed by atoms with van der Waals surface area (Å²) in [7, 11) is 1.65. The van der Waals surface area contributed by atoms with Crippen LogP contribution in [0, 0.1) is 0 Å². The molecule has 0 fully saturated rings. The van der Waals surface area contributed by atoms with Gasteiger partial charge in [-0.1, -0.05) is 73.3 Å². The van der Waals surface area contributed by atoms with Crippen molar-refractivity contribution in [3.8, 4) is 0 Å². The number of ether oxygens (including phenoxy) is 2. The zero-order valence-electron chi connectivity index (χ0n) is 16.2. The van der Waals surface area contributed by atoms with Crippen molar-refractivity contribution in [1.82, 2.24) is 5.32 Å². The highest BCUT2D eigenvalue weighted by molar-refractivity contribution is 5.35. The molecule has 0 radical (unpaired) electrons. The van der Waals surface area contributed by atoms with Gasteiger partial charge in [0, 0.05) is 19.6 Å². The third-order valence-electron chi connectivity index (χ3n) is 3.91. The highest BCUT2D eigenvalue weighted by Crippen LogP contribution is 2.12. The average Bonchev–Trinajstić information content (AvgIpc) is 2.63. The van der Waals surface area contributed by atoms with Gasteiger partial charge in [-0.3, -0.25) is 5.32 Å². The van der Waals surface area contributed by atoms with E-state index in [1.807, 2.05) is 36.5 Å². The minimum Gasteiger partial charge on any atom is -0.382 e. The zero-order valence-corrected chi connectivity index (χ0v) is 16.2. The van der Waals surface area contributed by atoms with Gasteiger partial charge < -0.3 is 14.6 Å². The van der Waals surface area contributed by atoms with Crippen molar-refractivity contribution in [2.24, 2.45) is 0 Å². The first-order valence-corrected chi connectivity index (χ1v) is 9.24. The molecule has 0 amide bonds. The van der Waals surface area contributed by atoms with Crippen LogP contribution in [0.4, 0.5) is 0 Å². The molecule has 4 nitrogen and oxygen atoms in total. The maximum Gasteiger partial charge on any atom is 0.107 e. The highest BCUT2D eigenvalue weighted by atomic mass is 16.5. The van der Waals surface area contributed by atoms with Gasteiger partial charge in [0.2, 0.25) is 0 Å². The largest absolute Gasteiger partial charge is 0.382 e. The summed E-state index contributed by atoms with van der Waals surface area (Å²) in [6.07, 6.45) is 21.2. The standard InChI is InChI=1S/C22H33NO3/c1-4-21(23-22(24)15-16-26-18-17-25-3)20-12-10-8-6-5-7-9-11-19(2)13-14-20/h5-14,21-24H,4,15-18H2,1-3H3/b6-5?,7-5-,8-6-,9-7?,10-8?,11-9-,12-10-,14-13?,19-11?,19-13-,20-12?,20-14+. The molecule has 0 heterocycles. The minimum absolute atomic E-state index is 0.0696. The number of nitrogens with one attached hydrogen (secondary N) is 1. The third kappa shape index (κ3) is 10.3. The van der Waals surface area contributed by atoms with Crippen molar-refractivity contribution in [2.45, 2.75) is 39.0 Å². The fraction of sp³-hybridized carbons (Fsp3) is 0.455. The summed E-state index contributed by atoms with van der Waals surface area (Å²) in [4.78, 5) is 0. The summed E-state index contributed by atoms with van der Waals surface area (Å²) in [6, 6.07) is 0.0696. The molecule has 2 unspecified atom stereocenters. The Labute approximate surface area is 158 Å². The second-order valence-corrected chi connectivity index (χ2v) is 6.10. The molecule has 1 aliphatic rings. The van der Waals surface area contributed by atoms with Gasteiger partial charge in [-0.05, 0) is 18.9 Å². The van der Waals surface area contributed by atoms with E-state index in [0.29, 0.717) is 26.2 Å². The number of aliphatic hydroxyl groups excluding tert-OH is 1. The number of aliphatic hydroxyl groups is 1. The van der Waals surface area contributed by atoms with Gasteiger partial charge in [-0.2, -0.15) is 0 Å². The van der Waals surface area contributed by atoms with Crippen LogP contribution >= 0.6 is 0 Å². The van der Waals surface area contributed by atoms with E-state index in [0.717, 1.165) is 12.0 Å². The topological polar surface area (TPSA) is 50.7 Å². The predicted octanol–water partition coefficient (Wildman–Crippen LogP) is 3.84. The molecule has 2 atom stereocenters. The van der Waals surface area contributed by atoms with Gasteiger partial charge >= 0.3 is 0 Å².